The summed E-state index contributed by atoms with van der Waals surface area (Å²) in [5, 5.41) is 6.20. The lowest BCUT2D eigenvalue weighted by molar-refractivity contribution is 1.10. The number of nitrogens with one attached hydrogen (secondary N) is 1. The molecule has 2 heteroatoms. The summed E-state index contributed by atoms with van der Waals surface area (Å²) in [6.07, 6.45) is 1.03. The third kappa shape index (κ3) is 3.11. The van der Waals surface area contributed by atoms with Crippen LogP contribution in [0.1, 0.15) is 18.1 Å². The van der Waals surface area contributed by atoms with Crippen LogP contribution in [0.3, 0.4) is 0 Å². The van der Waals surface area contributed by atoms with E-state index < -0.39 is 0 Å². The van der Waals surface area contributed by atoms with Crippen molar-refractivity contribution >= 4 is 32.4 Å². The second kappa shape index (κ2) is 6.31. The first-order chi connectivity index (χ1) is 10.3. The fourth-order valence-corrected chi connectivity index (χ4v) is 3.07. The van der Waals surface area contributed by atoms with E-state index in [0.717, 1.165) is 17.4 Å². The maximum atomic E-state index is 3.58. The van der Waals surface area contributed by atoms with Crippen molar-refractivity contribution in [2.24, 2.45) is 0 Å². The third-order valence-corrected chi connectivity index (χ3v) is 4.29. The summed E-state index contributed by atoms with van der Waals surface area (Å²) >= 11 is 3.54. The van der Waals surface area contributed by atoms with Gasteiger partial charge >= 0.3 is 0 Å². The number of halogens is 1. The van der Waals surface area contributed by atoms with E-state index >= 15 is 0 Å². The first-order valence-electron chi connectivity index (χ1n) is 7.27. The van der Waals surface area contributed by atoms with Crippen molar-refractivity contribution in [3.8, 4) is 0 Å². The zero-order valence-electron chi connectivity index (χ0n) is 12.1. The second-order valence-electron chi connectivity index (χ2n) is 5.15. The van der Waals surface area contributed by atoms with Gasteiger partial charge in [-0.2, -0.15) is 0 Å². The van der Waals surface area contributed by atoms with Crippen molar-refractivity contribution in [2.75, 3.05) is 5.32 Å². The standard InChI is InChI=1S/C19H18BrN/c1-2-14-12-17(20)10-11-19(14)21-13-16-8-5-7-15-6-3-4-9-18(15)16/h3-12,21H,2,13H2,1H3. The van der Waals surface area contributed by atoms with E-state index in [0.29, 0.717) is 0 Å². The van der Waals surface area contributed by atoms with Crippen molar-refractivity contribution in [1.29, 1.82) is 0 Å². The van der Waals surface area contributed by atoms with Crippen LogP contribution in [0.15, 0.2) is 65.1 Å². The topological polar surface area (TPSA) is 12.0 Å². The normalized spacial score (nSPS) is 10.8. The Morgan fingerprint density at radius 1 is 0.905 bits per heavy atom. The van der Waals surface area contributed by atoms with Crippen molar-refractivity contribution < 1.29 is 0 Å². The van der Waals surface area contributed by atoms with Crippen LogP contribution in [0, 0.1) is 0 Å². The highest BCUT2D eigenvalue weighted by Crippen LogP contribution is 2.24. The Labute approximate surface area is 134 Å². The average Bonchev–Trinajstić information content (AvgIpc) is 2.53. The van der Waals surface area contributed by atoms with E-state index in [2.05, 4.69) is 88.8 Å². The fraction of sp³-hybridized carbons (Fsp3) is 0.158. The first-order valence-corrected chi connectivity index (χ1v) is 8.06. The molecule has 0 aliphatic carbocycles. The van der Waals surface area contributed by atoms with Crippen molar-refractivity contribution in [1.82, 2.24) is 0 Å². The second-order valence-corrected chi connectivity index (χ2v) is 6.06. The molecule has 0 spiro atoms. The molecule has 0 fully saturated rings. The molecule has 0 bridgehead atoms. The Balaban J connectivity index is 1.87. The predicted molar refractivity (Wildman–Crippen MR) is 94.8 cm³/mol. The molecule has 1 nitrogen and oxygen atoms in total. The quantitative estimate of drug-likeness (QED) is 0.635. The highest BCUT2D eigenvalue weighted by molar-refractivity contribution is 9.10. The number of benzene rings is 3. The van der Waals surface area contributed by atoms with Crippen LogP contribution in [0.2, 0.25) is 0 Å². The first kappa shape index (κ1) is 14.2. The molecule has 0 amide bonds. The summed E-state index contributed by atoms with van der Waals surface area (Å²) in [6, 6.07) is 21.4. The fourth-order valence-electron chi connectivity index (χ4n) is 2.66. The van der Waals surface area contributed by atoms with Crippen LogP contribution in [0.4, 0.5) is 5.69 Å². The van der Waals surface area contributed by atoms with Gasteiger partial charge < -0.3 is 5.32 Å². The molecule has 21 heavy (non-hydrogen) atoms. The van der Waals surface area contributed by atoms with E-state index in [9.17, 15) is 0 Å². The van der Waals surface area contributed by atoms with Crippen molar-refractivity contribution in [3.05, 3.63) is 76.3 Å². The van der Waals surface area contributed by atoms with Gasteiger partial charge in [0, 0.05) is 16.7 Å². The minimum absolute atomic E-state index is 0.843. The van der Waals surface area contributed by atoms with E-state index in [1.54, 1.807) is 0 Å². The Kier molecular flexibility index (Phi) is 4.26. The Morgan fingerprint density at radius 3 is 2.57 bits per heavy atom. The number of fused-ring (bicyclic) bond motifs is 1. The lowest BCUT2D eigenvalue weighted by Crippen LogP contribution is -2.02. The van der Waals surface area contributed by atoms with Crippen LogP contribution in [0.25, 0.3) is 10.8 Å². The van der Waals surface area contributed by atoms with Crippen LogP contribution in [0.5, 0.6) is 0 Å². The van der Waals surface area contributed by atoms with E-state index in [1.165, 1.54) is 27.6 Å². The molecule has 106 valence electrons. The largest absolute Gasteiger partial charge is 0.381 e. The summed E-state index contributed by atoms with van der Waals surface area (Å²) in [5.74, 6) is 0. The van der Waals surface area contributed by atoms with Gasteiger partial charge in [0.1, 0.15) is 0 Å². The van der Waals surface area contributed by atoms with Gasteiger partial charge in [-0.1, -0.05) is 65.3 Å². The molecular formula is C19H18BrN. The van der Waals surface area contributed by atoms with Crippen LogP contribution >= 0.6 is 15.9 Å². The van der Waals surface area contributed by atoms with Gasteiger partial charge in [-0.05, 0) is 46.5 Å². The van der Waals surface area contributed by atoms with Gasteiger partial charge in [-0.3, -0.25) is 0 Å². The van der Waals surface area contributed by atoms with Crippen LogP contribution in [-0.4, -0.2) is 0 Å². The minimum atomic E-state index is 0.843. The van der Waals surface area contributed by atoms with E-state index in [1.807, 2.05) is 0 Å². The summed E-state index contributed by atoms with van der Waals surface area (Å²) in [6.45, 7) is 3.03. The molecule has 0 saturated carbocycles. The number of hydrogen-bond donors (Lipinski definition) is 1. The maximum absolute atomic E-state index is 3.58. The zero-order valence-corrected chi connectivity index (χ0v) is 13.7. The average molecular weight is 340 g/mol. The molecule has 0 atom stereocenters. The highest BCUT2D eigenvalue weighted by Gasteiger charge is 2.03. The smallest absolute Gasteiger partial charge is 0.0407 e. The molecule has 0 aromatic heterocycles. The summed E-state index contributed by atoms with van der Waals surface area (Å²) < 4.78 is 1.13. The third-order valence-electron chi connectivity index (χ3n) is 3.80. The van der Waals surface area contributed by atoms with Gasteiger partial charge in [-0.15, -0.1) is 0 Å². The minimum Gasteiger partial charge on any atom is -0.381 e. The van der Waals surface area contributed by atoms with Gasteiger partial charge in [0.25, 0.3) is 0 Å². The molecule has 3 aromatic carbocycles. The summed E-state index contributed by atoms with van der Waals surface area (Å²) in [7, 11) is 0. The van der Waals surface area contributed by atoms with Crippen LogP contribution in [-0.2, 0) is 13.0 Å². The molecule has 0 heterocycles. The number of anilines is 1. The number of aryl methyl sites for hydroxylation is 1. The SMILES string of the molecule is CCc1cc(Br)ccc1NCc1cccc2ccccc12. The lowest BCUT2D eigenvalue weighted by atomic mass is 10.0. The van der Waals surface area contributed by atoms with Crippen molar-refractivity contribution in [3.63, 3.8) is 0 Å². The van der Waals surface area contributed by atoms with E-state index in [-0.39, 0.29) is 0 Å². The molecule has 0 radical (unpaired) electrons. The molecule has 0 saturated heterocycles. The molecule has 0 aliphatic rings. The van der Waals surface area contributed by atoms with Gasteiger partial charge in [0.2, 0.25) is 0 Å². The molecule has 1 N–H and O–H groups in total. The number of hydrogen-bond acceptors (Lipinski definition) is 1. The molecular weight excluding hydrogens is 322 g/mol. The van der Waals surface area contributed by atoms with Crippen molar-refractivity contribution in [2.45, 2.75) is 19.9 Å². The predicted octanol–water partition coefficient (Wildman–Crippen LogP) is 5.78. The maximum Gasteiger partial charge on any atom is 0.0407 e. The van der Waals surface area contributed by atoms with Gasteiger partial charge in [0.05, 0.1) is 0 Å². The summed E-state index contributed by atoms with van der Waals surface area (Å²) in [5.41, 5.74) is 3.89. The van der Waals surface area contributed by atoms with Gasteiger partial charge in [-0.25, -0.2) is 0 Å². The Bertz CT molecular complexity index is 759. The Morgan fingerprint density at radius 2 is 1.71 bits per heavy atom. The molecule has 0 unspecified atom stereocenters. The van der Waals surface area contributed by atoms with Crippen LogP contribution < -0.4 is 5.32 Å². The lowest BCUT2D eigenvalue weighted by Gasteiger charge is -2.13. The molecule has 0 aliphatic heterocycles. The monoisotopic (exact) mass is 339 g/mol. The van der Waals surface area contributed by atoms with Gasteiger partial charge in [0.15, 0.2) is 0 Å². The Hall–Kier alpha value is -1.80. The van der Waals surface area contributed by atoms with E-state index in [4.69, 9.17) is 0 Å². The highest BCUT2D eigenvalue weighted by atomic mass is 79.9. The number of rotatable bonds is 4. The summed E-state index contributed by atoms with van der Waals surface area (Å²) in [4.78, 5) is 0. The zero-order chi connectivity index (χ0) is 14.7. The molecule has 3 rings (SSSR count). The molecule has 3 aromatic rings.